The van der Waals surface area contributed by atoms with Crippen LogP contribution in [0.4, 0.5) is 5.69 Å². The molecule has 0 unspecified atom stereocenters. The summed E-state index contributed by atoms with van der Waals surface area (Å²) in [5, 5.41) is 3.96. The summed E-state index contributed by atoms with van der Waals surface area (Å²) in [6.07, 6.45) is 1.51. The van der Waals surface area contributed by atoms with Gasteiger partial charge in [0.25, 0.3) is 10.0 Å². The van der Waals surface area contributed by atoms with Gasteiger partial charge in [0.05, 0.1) is 24.0 Å². The highest BCUT2D eigenvalue weighted by atomic mass is 35.5. The van der Waals surface area contributed by atoms with E-state index >= 15 is 0 Å². The van der Waals surface area contributed by atoms with Gasteiger partial charge < -0.3 is 9.26 Å². The van der Waals surface area contributed by atoms with Crippen molar-refractivity contribution in [1.29, 1.82) is 0 Å². The average molecular weight is 379 g/mol. The van der Waals surface area contributed by atoms with E-state index in [1.54, 1.807) is 36.4 Å². The second-order valence-electron chi connectivity index (χ2n) is 5.33. The minimum absolute atomic E-state index is 0.00472. The van der Waals surface area contributed by atoms with E-state index in [4.69, 9.17) is 20.9 Å². The van der Waals surface area contributed by atoms with Crippen LogP contribution in [0.15, 0.2) is 58.1 Å². The highest BCUT2D eigenvalue weighted by molar-refractivity contribution is 7.92. The SMILES string of the molecule is COc1cc(-c2ccno2)ccc1S(=O)(=O)Nc1ccc(C)cc1Cl. The lowest BCUT2D eigenvalue weighted by Gasteiger charge is -2.13. The zero-order chi connectivity index (χ0) is 18.0. The van der Waals surface area contributed by atoms with Gasteiger partial charge in [-0.05, 0) is 42.8 Å². The van der Waals surface area contributed by atoms with Crippen LogP contribution in [0.25, 0.3) is 11.3 Å². The molecule has 1 heterocycles. The molecule has 3 aromatic rings. The fraction of sp³-hybridized carbons (Fsp3) is 0.118. The summed E-state index contributed by atoms with van der Waals surface area (Å²) in [5.74, 6) is 0.696. The van der Waals surface area contributed by atoms with Crippen LogP contribution in [-0.2, 0) is 10.0 Å². The molecule has 0 radical (unpaired) electrons. The molecular weight excluding hydrogens is 364 g/mol. The molecule has 0 atom stereocenters. The smallest absolute Gasteiger partial charge is 0.265 e. The lowest BCUT2D eigenvalue weighted by Crippen LogP contribution is -2.14. The molecule has 0 aliphatic heterocycles. The average Bonchev–Trinajstić information content (AvgIpc) is 3.11. The highest BCUT2D eigenvalue weighted by Crippen LogP contribution is 2.32. The number of halogens is 1. The van der Waals surface area contributed by atoms with Crippen molar-refractivity contribution in [1.82, 2.24) is 5.16 Å². The number of nitrogens with one attached hydrogen (secondary N) is 1. The summed E-state index contributed by atoms with van der Waals surface area (Å²) in [7, 11) is -2.48. The zero-order valence-electron chi connectivity index (χ0n) is 13.5. The molecule has 0 aliphatic carbocycles. The van der Waals surface area contributed by atoms with Crippen LogP contribution in [0.3, 0.4) is 0 Å². The number of benzene rings is 2. The van der Waals surface area contributed by atoms with Crippen molar-refractivity contribution in [2.24, 2.45) is 0 Å². The Balaban J connectivity index is 1.99. The quantitative estimate of drug-likeness (QED) is 0.722. The van der Waals surface area contributed by atoms with E-state index < -0.39 is 10.0 Å². The standard InChI is InChI=1S/C17H15ClN2O4S/c1-11-3-5-14(13(18)9-11)20-25(21,22)17-6-4-12(10-16(17)23-2)15-7-8-19-24-15/h3-10,20H,1-2H3. The minimum atomic E-state index is -3.88. The number of rotatable bonds is 5. The number of hydrogen-bond acceptors (Lipinski definition) is 5. The molecule has 3 rings (SSSR count). The predicted molar refractivity (Wildman–Crippen MR) is 95.5 cm³/mol. The number of aryl methyl sites for hydroxylation is 1. The van der Waals surface area contributed by atoms with Crippen LogP contribution in [0.1, 0.15) is 5.56 Å². The molecule has 1 N–H and O–H groups in total. The Morgan fingerprint density at radius 2 is 1.96 bits per heavy atom. The molecule has 130 valence electrons. The maximum Gasteiger partial charge on any atom is 0.265 e. The van der Waals surface area contributed by atoms with Crippen LogP contribution in [0.5, 0.6) is 5.75 Å². The lowest BCUT2D eigenvalue weighted by molar-refractivity contribution is 0.402. The molecule has 8 heteroatoms. The van der Waals surface area contributed by atoms with E-state index in [1.807, 2.05) is 6.92 Å². The molecule has 0 aliphatic rings. The monoisotopic (exact) mass is 378 g/mol. The molecule has 25 heavy (non-hydrogen) atoms. The number of sulfonamides is 1. The van der Waals surface area contributed by atoms with Gasteiger partial charge >= 0.3 is 0 Å². The Morgan fingerprint density at radius 1 is 1.16 bits per heavy atom. The van der Waals surface area contributed by atoms with Gasteiger partial charge in [0.2, 0.25) is 0 Å². The Labute approximate surface area is 150 Å². The normalized spacial score (nSPS) is 11.3. The number of hydrogen-bond donors (Lipinski definition) is 1. The van der Waals surface area contributed by atoms with E-state index in [2.05, 4.69) is 9.88 Å². The summed E-state index contributed by atoms with van der Waals surface area (Å²) < 4.78 is 38.3. The third-order valence-electron chi connectivity index (χ3n) is 3.54. The van der Waals surface area contributed by atoms with Gasteiger partial charge in [-0.15, -0.1) is 0 Å². The summed E-state index contributed by atoms with van der Waals surface area (Å²) in [6, 6.07) is 11.4. The van der Waals surface area contributed by atoms with Crippen LogP contribution >= 0.6 is 11.6 Å². The topological polar surface area (TPSA) is 81.4 Å². The van der Waals surface area contributed by atoms with Crippen LogP contribution in [-0.4, -0.2) is 20.7 Å². The van der Waals surface area contributed by atoms with Crippen molar-refractivity contribution in [3.05, 3.63) is 59.2 Å². The number of aromatic nitrogens is 1. The van der Waals surface area contributed by atoms with Crippen molar-refractivity contribution < 1.29 is 17.7 Å². The molecule has 0 saturated carbocycles. The van der Waals surface area contributed by atoms with Crippen LogP contribution < -0.4 is 9.46 Å². The molecule has 0 bridgehead atoms. The molecular formula is C17H15ClN2O4S. The number of anilines is 1. The summed E-state index contributed by atoms with van der Waals surface area (Å²) in [6.45, 7) is 1.87. The van der Waals surface area contributed by atoms with Crippen LogP contribution in [0.2, 0.25) is 5.02 Å². The third kappa shape index (κ3) is 3.62. The van der Waals surface area contributed by atoms with Gasteiger partial charge in [0.15, 0.2) is 5.76 Å². The number of ether oxygens (including phenoxy) is 1. The molecule has 0 fully saturated rings. The number of methoxy groups -OCH3 is 1. The van der Waals surface area contributed by atoms with Gasteiger partial charge in [-0.25, -0.2) is 8.42 Å². The first-order valence-electron chi connectivity index (χ1n) is 7.29. The Bertz CT molecular complexity index is 1000. The van der Waals surface area contributed by atoms with E-state index in [0.29, 0.717) is 22.0 Å². The maximum absolute atomic E-state index is 12.7. The van der Waals surface area contributed by atoms with Crippen molar-refractivity contribution in [3.63, 3.8) is 0 Å². The second kappa shape index (κ2) is 6.78. The minimum Gasteiger partial charge on any atom is -0.495 e. The zero-order valence-corrected chi connectivity index (χ0v) is 15.1. The summed E-state index contributed by atoms with van der Waals surface area (Å²) in [4.78, 5) is -0.00472. The van der Waals surface area contributed by atoms with Gasteiger partial charge in [-0.2, -0.15) is 0 Å². The fourth-order valence-electron chi connectivity index (χ4n) is 2.31. The maximum atomic E-state index is 12.7. The van der Waals surface area contributed by atoms with Gasteiger partial charge in [0, 0.05) is 11.6 Å². The summed E-state index contributed by atoms with van der Waals surface area (Å²) in [5.41, 5.74) is 1.89. The van der Waals surface area contributed by atoms with Crippen LogP contribution in [0, 0.1) is 6.92 Å². The Morgan fingerprint density at radius 3 is 2.60 bits per heavy atom. The Kier molecular flexibility index (Phi) is 4.69. The largest absolute Gasteiger partial charge is 0.495 e. The molecule has 1 aromatic heterocycles. The first kappa shape index (κ1) is 17.3. The highest BCUT2D eigenvalue weighted by Gasteiger charge is 2.21. The number of nitrogens with zero attached hydrogens (tertiary/aromatic N) is 1. The second-order valence-corrected chi connectivity index (χ2v) is 7.39. The molecule has 6 nitrogen and oxygen atoms in total. The Hall–Kier alpha value is -2.51. The lowest BCUT2D eigenvalue weighted by atomic mass is 10.1. The van der Waals surface area contributed by atoms with Gasteiger partial charge in [-0.3, -0.25) is 4.72 Å². The molecule has 2 aromatic carbocycles. The van der Waals surface area contributed by atoms with E-state index in [1.165, 1.54) is 19.4 Å². The first-order valence-corrected chi connectivity index (χ1v) is 9.15. The van der Waals surface area contributed by atoms with E-state index in [-0.39, 0.29) is 10.6 Å². The van der Waals surface area contributed by atoms with Crippen molar-refractivity contribution in [2.75, 3.05) is 11.8 Å². The van der Waals surface area contributed by atoms with Gasteiger partial charge in [0.1, 0.15) is 10.6 Å². The van der Waals surface area contributed by atoms with E-state index in [0.717, 1.165) is 5.56 Å². The van der Waals surface area contributed by atoms with E-state index in [9.17, 15) is 8.42 Å². The van der Waals surface area contributed by atoms with Crippen molar-refractivity contribution in [2.45, 2.75) is 11.8 Å². The summed E-state index contributed by atoms with van der Waals surface area (Å²) >= 11 is 6.11. The van der Waals surface area contributed by atoms with Crippen molar-refractivity contribution >= 4 is 27.3 Å². The first-order chi connectivity index (χ1) is 11.9. The molecule has 0 spiro atoms. The molecule has 0 saturated heterocycles. The van der Waals surface area contributed by atoms with Gasteiger partial charge in [-0.1, -0.05) is 22.8 Å². The van der Waals surface area contributed by atoms with Crippen molar-refractivity contribution in [3.8, 4) is 17.1 Å². The third-order valence-corrected chi connectivity index (χ3v) is 5.26. The molecule has 0 amide bonds. The predicted octanol–water partition coefficient (Wildman–Crippen LogP) is 4.11. The fourth-order valence-corrected chi connectivity index (χ4v) is 3.88.